The molecule has 2 heteroatoms. The second-order valence-corrected chi connectivity index (χ2v) is 5.36. The summed E-state index contributed by atoms with van der Waals surface area (Å²) in [5.74, 6) is 6.49. The molecule has 2 rings (SSSR count). The standard InChI is InChI=1S/C15H24N2/c1-12-7-9-13(10-8-12)11-15(17-16)14-5-3-2-4-6-14/h7-10,14-15,17H,2-6,11,16H2,1H3. The average Bonchev–Trinajstić information content (AvgIpc) is 2.39. The maximum atomic E-state index is 5.73. The molecule has 17 heavy (non-hydrogen) atoms. The summed E-state index contributed by atoms with van der Waals surface area (Å²) in [5, 5.41) is 0. The van der Waals surface area contributed by atoms with E-state index in [1.807, 2.05) is 0 Å². The highest BCUT2D eigenvalue weighted by atomic mass is 15.2. The van der Waals surface area contributed by atoms with Crippen molar-refractivity contribution in [1.29, 1.82) is 0 Å². The van der Waals surface area contributed by atoms with Gasteiger partial charge in [-0.1, -0.05) is 49.1 Å². The lowest BCUT2D eigenvalue weighted by atomic mass is 9.82. The Morgan fingerprint density at radius 3 is 2.41 bits per heavy atom. The predicted molar refractivity (Wildman–Crippen MR) is 72.6 cm³/mol. The Bertz CT molecular complexity index is 325. The number of nitrogens with one attached hydrogen (secondary N) is 1. The van der Waals surface area contributed by atoms with Crippen LogP contribution in [0, 0.1) is 12.8 Å². The van der Waals surface area contributed by atoms with Gasteiger partial charge in [-0.3, -0.25) is 11.3 Å². The van der Waals surface area contributed by atoms with Crippen LogP contribution in [0.25, 0.3) is 0 Å². The van der Waals surface area contributed by atoms with Crippen LogP contribution in [-0.4, -0.2) is 6.04 Å². The van der Waals surface area contributed by atoms with Gasteiger partial charge in [0.15, 0.2) is 0 Å². The zero-order chi connectivity index (χ0) is 12.1. The predicted octanol–water partition coefficient (Wildman–Crippen LogP) is 2.95. The molecule has 1 saturated carbocycles. The number of hydrazine groups is 1. The van der Waals surface area contributed by atoms with Gasteiger partial charge < -0.3 is 0 Å². The number of nitrogens with two attached hydrogens (primary N) is 1. The van der Waals surface area contributed by atoms with Gasteiger partial charge in [0.25, 0.3) is 0 Å². The molecular weight excluding hydrogens is 208 g/mol. The van der Waals surface area contributed by atoms with E-state index < -0.39 is 0 Å². The van der Waals surface area contributed by atoms with Crippen LogP contribution in [0.5, 0.6) is 0 Å². The van der Waals surface area contributed by atoms with Crippen molar-refractivity contribution in [2.75, 3.05) is 0 Å². The van der Waals surface area contributed by atoms with Crippen LogP contribution in [-0.2, 0) is 6.42 Å². The molecule has 1 aromatic carbocycles. The Kier molecular flexibility index (Phi) is 4.57. The van der Waals surface area contributed by atoms with E-state index in [0.29, 0.717) is 6.04 Å². The Morgan fingerprint density at radius 2 is 1.82 bits per heavy atom. The summed E-state index contributed by atoms with van der Waals surface area (Å²) in [4.78, 5) is 0. The first-order valence-corrected chi connectivity index (χ1v) is 6.81. The van der Waals surface area contributed by atoms with E-state index in [2.05, 4.69) is 36.6 Å². The maximum Gasteiger partial charge on any atom is 0.0279 e. The van der Waals surface area contributed by atoms with E-state index in [-0.39, 0.29) is 0 Å². The highest BCUT2D eigenvalue weighted by Gasteiger charge is 2.22. The molecule has 1 fully saturated rings. The molecule has 1 unspecified atom stereocenters. The van der Waals surface area contributed by atoms with Crippen LogP contribution < -0.4 is 11.3 Å². The van der Waals surface area contributed by atoms with Crippen molar-refractivity contribution >= 4 is 0 Å². The van der Waals surface area contributed by atoms with Crippen LogP contribution in [0.15, 0.2) is 24.3 Å². The van der Waals surface area contributed by atoms with Gasteiger partial charge in [-0.2, -0.15) is 0 Å². The first-order chi connectivity index (χ1) is 8.29. The topological polar surface area (TPSA) is 38.0 Å². The highest BCUT2D eigenvalue weighted by Crippen LogP contribution is 2.27. The summed E-state index contributed by atoms with van der Waals surface area (Å²) in [6.07, 6.45) is 7.87. The molecule has 0 spiro atoms. The van der Waals surface area contributed by atoms with Crippen LogP contribution in [0.2, 0.25) is 0 Å². The quantitative estimate of drug-likeness (QED) is 0.619. The summed E-state index contributed by atoms with van der Waals surface area (Å²) in [6.45, 7) is 2.13. The molecule has 1 aliphatic carbocycles. The van der Waals surface area contributed by atoms with Crippen molar-refractivity contribution in [2.24, 2.45) is 11.8 Å². The monoisotopic (exact) mass is 232 g/mol. The van der Waals surface area contributed by atoms with Gasteiger partial charge in [-0.25, -0.2) is 0 Å². The zero-order valence-electron chi connectivity index (χ0n) is 10.8. The Labute approximate surface area is 105 Å². The molecule has 2 nitrogen and oxygen atoms in total. The van der Waals surface area contributed by atoms with Crippen molar-refractivity contribution < 1.29 is 0 Å². The van der Waals surface area contributed by atoms with Gasteiger partial charge in [0.1, 0.15) is 0 Å². The number of hydrogen-bond donors (Lipinski definition) is 2. The van der Waals surface area contributed by atoms with Gasteiger partial charge in [0.05, 0.1) is 0 Å². The molecule has 0 amide bonds. The van der Waals surface area contributed by atoms with Gasteiger partial charge >= 0.3 is 0 Å². The van der Waals surface area contributed by atoms with E-state index in [9.17, 15) is 0 Å². The van der Waals surface area contributed by atoms with Gasteiger partial charge in [0.2, 0.25) is 0 Å². The van der Waals surface area contributed by atoms with Crippen molar-refractivity contribution in [1.82, 2.24) is 5.43 Å². The smallest absolute Gasteiger partial charge is 0.0279 e. The lowest BCUT2D eigenvalue weighted by molar-refractivity contribution is 0.268. The molecular formula is C15H24N2. The molecule has 3 N–H and O–H groups in total. The maximum absolute atomic E-state index is 5.73. The van der Waals surface area contributed by atoms with Crippen molar-refractivity contribution in [3.05, 3.63) is 35.4 Å². The summed E-state index contributed by atoms with van der Waals surface area (Å²) in [7, 11) is 0. The lowest BCUT2D eigenvalue weighted by Crippen LogP contribution is -2.43. The van der Waals surface area contributed by atoms with Gasteiger partial charge in [-0.15, -0.1) is 0 Å². The van der Waals surface area contributed by atoms with Crippen molar-refractivity contribution in [3.63, 3.8) is 0 Å². The summed E-state index contributed by atoms with van der Waals surface area (Å²) < 4.78 is 0. The normalized spacial score (nSPS) is 19.2. The highest BCUT2D eigenvalue weighted by molar-refractivity contribution is 5.22. The largest absolute Gasteiger partial charge is 0.271 e. The Morgan fingerprint density at radius 1 is 1.18 bits per heavy atom. The molecule has 94 valence electrons. The zero-order valence-corrected chi connectivity index (χ0v) is 10.8. The van der Waals surface area contributed by atoms with Crippen molar-refractivity contribution in [2.45, 2.75) is 51.5 Å². The van der Waals surface area contributed by atoms with E-state index in [4.69, 9.17) is 5.84 Å². The molecule has 0 radical (unpaired) electrons. The SMILES string of the molecule is Cc1ccc(CC(NN)C2CCCCC2)cc1. The fourth-order valence-corrected chi connectivity index (χ4v) is 2.88. The number of aryl methyl sites for hydroxylation is 1. The molecule has 0 saturated heterocycles. The first-order valence-electron chi connectivity index (χ1n) is 6.81. The van der Waals surface area contributed by atoms with Crippen LogP contribution in [0.1, 0.15) is 43.2 Å². The number of benzene rings is 1. The van der Waals surface area contributed by atoms with E-state index in [0.717, 1.165) is 12.3 Å². The van der Waals surface area contributed by atoms with Crippen molar-refractivity contribution in [3.8, 4) is 0 Å². The lowest BCUT2D eigenvalue weighted by Gasteiger charge is -2.29. The van der Waals surface area contributed by atoms with E-state index in [1.165, 1.54) is 43.2 Å². The van der Waals surface area contributed by atoms with E-state index in [1.54, 1.807) is 0 Å². The number of rotatable bonds is 4. The molecule has 1 aromatic rings. The Hall–Kier alpha value is -0.860. The van der Waals surface area contributed by atoms with Crippen LogP contribution in [0.3, 0.4) is 0 Å². The number of hydrogen-bond acceptors (Lipinski definition) is 2. The molecule has 0 heterocycles. The third-order valence-corrected chi connectivity index (χ3v) is 4.01. The minimum absolute atomic E-state index is 0.443. The van der Waals surface area contributed by atoms with Gasteiger partial charge in [0, 0.05) is 6.04 Å². The summed E-state index contributed by atoms with van der Waals surface area (Å²) >= 11 is 0. The molecule has 0 aliphatic heterocycles. The molecule has 0 aromatic heterocycles. The fourth-order valence-electron chi connectivity index (χ4n) is 2.88. The minimum Gasteiger partial charge on any atom is -0.271 e. The third-order valence-electron chi connectivity index (χ3n) is 4.01. The third kappa shape index (κ3) is 3.55. The Balaban J connectivity index is 1.96. The average molecular weight is 232 g/mol. The second-order valence-electron chi connectivity index (χ2n) is 5.36. The van der Waals surface area contributed by atoms with Crippen LogP contribution >= 0.6 is 0 Å². The molecule has 1 aliphatic rings. The second kappa shape index (κ2) is 6.18. The first kappa shape index (κ1) is 12.6. The fraction of sp³-hybridized carbons (Fsp3) is 0.600. The van der Waals surface area contributed by atoms with Crippen LogP contribution in [0.4, 0.5) is 0 Å². The minimum atomic E-state index is 0.443. The molecule has 1 atom stereocenters. The summed E-state index contributed by atoms with van der Waals surface area (Å²) in [6, 6.07) is 9.26. The summed E-state index contributed by atoms with van der Waals surface area (Å²) in [5.41, 5.74) is 5.75. The van der Waals surface area contributed by atoms with Gasteiger partial charge in [-0.05, 0) is 37.7 Å². The van der Waals surface area contributed by atoms with E-state index >= 15 is 0 Å². The molecule has 0 bridgehead atoms.